The van der Waals surface area contributed by atoms with Gasteiger partial charge in [-0.15, -0.1) is 0 Å². The second kappa shape index (κ2) is 7.25. The molecule has 0 aliphatic carbocycles. The maximum Gasteiger partial charge on any atom is 0.305 e. The molecule has 0 saturated carbocycles. The number of ether oxygens (including phenoxy) is 2. The number of methoxy groups -OCH3 is 1. The minimum atomic E-state index is -0.960. The molecule has 6 heteroatoms. The molecule has 1 atom stereocenters. The minimum absolute atomic E-state index is 0.125. The quantitative estimate of drug-likeness (QED) is 0.771. The molecule has 0 aromatic heterocycles. The third kappa shape index (κ3) is 5.29. The third-order valence-electron chi connectivity index (χ3n) is 2.32. The molecule has 6 nitrogen and oxygen atoms in total. The number of carboxylic acids is 1. The van der Waals surface area contributed by atoms with E-state index in [4.69, 9.17) is 14.6 Å². The summed E-state index contributed by atoms with van der Waals surface area (Å²) in [4.78, 5) is 22.0. The molecule has 0 aliphatic rings. The number of carboxylic acid groups (broad SMARTS) is 1. The van der Waals surface area contributed by atoms with Crippen LogP contribution in [-0.4, -0.2) is 36.7 Å². The van der Waals surface area contributed by atoms with Gasteiger partial charge in [0.25, 0.3) is 5.91 Å². The van der Waals surface area contributed by atoms with Gasteiger partial charge in [-0.2, -0.15) is 0 Å². The van der Waals surface area contributed by atoms with Gasteiger partial charge < -0.3 is 19.9 Å². The smallest absolute Gasteiger partial charge is 0.305 e. The van der Waals surface area contributed by atoms with Crippen LogP contribution in [0.4, 0.5) is 0 Å². The molecule has 0 spiro atoms. The van der Waals surface area contributed by atoms with Crippen molar-refractivity contribution in [2.45, 2.75) is 19.4 Å². The van der Waals surface area contributed by atoms with E-state index in [1.54, 1.807) is 31.2 Å². The predicted molar refractivity (Wildman–Crippen MR) is 68.3 cm³/mol. The van der Waals surface area contributed by atoms with E-state index in [9.17, 15) is 9.59 Å². The van der Waals surface area contributed by atoms with Gasteiger partial charge >= 0.3 is 5.97 Å². The fourth-order valence-corrected chi connectivity index (χ4v) is 1.51. The zero-order valence-corrected chi connectivity index (χ0v) is 10.9. The first-order chi connectivity index (χ1) is 9.02. The first kappa shape index (κ1) is 14.8. The largest absolute Gasteiger partial charge is 0.493 e. The maximum absolute atomic E-state index is 11.5. The van der Waals surface area contributed by atoms with Crippen LogP contribution >= 0.6 is 0 Å². The Labute approximate surface area is 111 Å². The normalized spacial score (nSPS) is 11.5. The number of nitrogens with one attached hydrogen (secondary N) is 1. The SMILES string of the molecule is COc1ccccc1OCC(=O)NC(C)CC(=O)O. The highest BCUT2D eigenvalue weighted by molar-refractivity contribution is 5.78. The van der Waals surface area contributed by atoms with E-state index < -0.39 is 12.0 Å². The fourth-order valence-electron chi connectivity index (χ4n) is 1.51. The van der Waals surface area contributed by atoms with Crippen LogP contribution < -0.4 is 14.8 Å². The van der Waals surface area contributed by atoms with Crippen LogP contribution in [0, 0.1) is 0 Å². The molecule has 0 radical (unpaired) electrons. The zero-order valence-electron chi connectivity index (χ0n) is 10.9. The van der Waals surface area contributed by atoms with Gasteiger partial charge in [0.1, 0.15) is 0 Å². The number of hydrogen-bond donors (Lipinski definition) is 2. The first-order valence-corrected chi connectivity index (χ1v) is 5.80. The molecular formula is C13H17NO5. The number of carbonyl (C=O) groups is 2. The monoisotopic (exact) mass is 267 g/mol. The predicted octanol–water partition coefficient (Wildman–Crippen LogP) is 1.05. The Balaban J connectivity index is 2.43. The average molecular weight is 267 g/mol. The Morgan fingerprint density at radius 1 is 1.32 bits per heavy atom. The molecule has 0 aliphatic heterocycles. The van der Waals surface area contributed by atoms with Crippen molar-refractivity contribution in [3.63, 3.8) is 0 Å². The van der Waals surface area contributed by atoms with Gasteiger partial charge in [-0.05, 0) is 19.1 Å². The number of hydrogen-bond acceptors (Lipinski definition) is 4. The Bertz CT molecular complexity index is 446. The van der Waals surface area contributed by atoms with Crippen molar-refractivity contribution in [1.82, 2.24) is 5.32 Å². The number of carbonyl (C=O) groups excluding carboxylic acids is 1. The highest BCUT2D eigenvalue weighted by atomic mass is 16.5. The van der Waals surface area contributed by atoms with Gasteiger partial charge in [0.15, 0.2) is 18.1 Å². The highest BCUT2D eigenvalue weighted by Gasteiger charge is 2.12. The van der Waals surface area contributed by atoms with Crippen LogP contribution in [0.5, 0.6) is 11.5 Å². The molecule has 1 aromatic carbocycles. The summed E-state index contributed by atoms with van der Waals surface area (Å²) in [5.74, 6) is -0.335. The lowest BCUT2D eigenvalue weighted by atomic mass is 10.2. The van der Waals surface area contributed by atoms with Gasteiger partial charge in [0, 0.05) is 6.04 Å². The summed E-state index contributed by atoms with van der Waals surface area (Å²) in [7, 11) is 1.51. The zero-order chi connectivity index (χ0) is 14.3. The van der Waals surface area contributed by atoms with Crippen LogP contribution in [0.25, 0.3) is 0 Å². The topological polar surface area (TPSA) is 84.9 Å². The maximum atomic E-state index is 11.5. The van der Waals surface area contributed by atoms with Crippen molar-refractivity contribution in [2.24, 2.45) is 0 Å². The lowest BCUT2D eigenvalue weighted by Crippen LogP contribution is -2.37. The molecule has 1 amide bonds. The summed E-state index contributed by atoms with van der Waals surface area (Å²) in [5, 5.41) is 11.1. The lowest BCUT2D eigenvalue weighted by Gasteiger charge is -2.13. The molecule has 1 unspecified atom stereocenters. The van der Waals surface area contributed by atoms with Crippen LogP contribution in [0.15, 0.2) is 24.3 Å². The summed E-state index contributed by atoms with van der Waals surface area (Å²) in [6.45, 7) is 1.43. The molecule has 0 saturated heterocycles. The molecule has 0 heterocycles. The second-order valence-corrected chi connectivity index (χ2v) is 4.01. The van der Waals surface area contributed by atoms with Gasteiger partial charge in [-0.1, -0.05) is 12.1 Å². The second-order valence-electron chi connectivity index (χ2n) is 4.01. The van der Waals surface area contributed by atoms with E-state index in [1.807, 2.05) is 0 Å². The molecule has 104 valence electrons. The fraction of sp³-hybridized carbons (Fsp3) is 0.385. The van der Waals surface area contributed by atoms with Crippen LogP contribution in [0.1, 0.15) is 13.3 Å². The Morgan fingerprint density at radius 3 is 2.53 bits per heavy atom. The summed E-state index contributed by atoms with van der Waals surface area (Å²) in [6.07, 6.45) is -0.125. The molecule has 0 bridgehead atoms. The molecule has 19 heavy (non-hydrogen) atoms. The van der Waals surface area contributed by atoms with E-state index in [2.05, 4.69) is 5.32 Å². The Morgan fingerprint density at radius 2 is 1.95 bits per heavy atom. The van der Waals surface area contributed by atoms with Crippen LogP contribution in [-0.2, 0) is 9.59 Å². The van der Waals surface area contributed by atoms with Crippen molar-refractivity contribution >= 4 is 11.9 Å². The minimum Gasteiger partial charge on any atom is -0.493 e. The van der Waals surface area contributed by atoms with Gasteiger partial charge in [0.2, 0.25) is 0 Å². The van der Waals surface area contributed by atoms with Crippen LogP contribution in [0.3, 0.4) is 0 Å². The number of para-hydroxylation sites is 2. The van der Waals surface area contributed by atoms with E-state index >= 15 is 0 Å². The van der Waals surface area contributed by atoms with Gasteiger partial charge in [0.05, 0.1) is 13.5 Å². The van der Waals surface area contributed by atoms with Gasteiger partial charge in [-0.25, -0.2) is 0 Å². The van der Waals surface area contributed by atoms with Crippen molar-refractivity contribution in [2.75, 3.05) is 13.7 Å². The molecule has 1 rings (SSSR count). The summed E-state index contributed by atoms with van der Waals surface area (Å²) in [5.41, 5.74) is 0. The highest BCUT2D eigenvalue weighted by Crippen LogP contribution is 2.25. The van der Waals surface area contributed by atoms with Crippen molar-refractivity contribution < 1.29 is 24.2 Å². The van der Waals surface area contributed by atoms with E-state index in [0.717, 1.165) is 0 Å². The Hall–Kier alpha value is -2.24. The van der Waals surface area contributed by atoms with Crippen LogP contribution in [0.2, 0.25) is 0 Å². The average Bonchev–Trinajstić information content (AvgIpc) is 2.35. The molecule has 1 aromatic rings. The summed E-state index contributed by atoms with van der Waals surface area (Å²) >= 11 is 0. The molecular weight excluding hydrogens is 250 g/mol. The first-order valence-electron chi connectivity index (χ1n) is 5.80. The molecule has 2 N–H and O–H groups in total. The summed E-state index contributed by atoms with van der Waals surface area (Å²) in [6, 6.07) is 6.53. The lowest BCUT2D eigenvalue weighted by molar-refractivity contribution is -0.137. The standard InChI is InChI=1S/C13H17NO5/c1-9(7-13(16)17)14-12(15)8-19-11-6-4-3-5-10(11)18-2/h3-6,9H,7-8H2,1-2H3,(H,14,15)(H,16,17). The number of rotatable bonds is 7. The molecule has 0 fully saturated rings. The van der Waals surface area contributed by atoms with Crippen molar-refractivity contribution in [1.29, 1.82) is 0 Å². The van der Waals surface area contributed by atoms with E-state index in [0.29, 0.717) is 11.5 Å². The number of amides is 1. The van der Waals surface area contributed by atoms with Crippen molar-refractivity contribution in [3.8, 4) is 11.5 Å². The number of aliphatic carboxylic acids is 1. The number of benzene rings is 1. The van der Waals surface area contributed by atoms with Crippen molar-refractivity contribution in [3.05, 3.63) is 24.3 Å². The van der Waals surface area contributed by atoms with E-state index in [-0.39, 0.29) is 18.9 Å². The van der Waals surface area contributed by atoms with E-state index in [1.165, 1.54) is 7.11 Å². The van der Waals surface area contributed by atoms with Gasteiger partial charge in [-0.3, -0.25) is 9.59 Å². The third-order valence-corrected chi connectivity index (χ3v) is 2.32. The summed E-state index contributed by atoms with van der Waals surface area (Å²) < 4.78 is 10.4. The Kier molecular flexibility index (Phi) is 5.66.